The second kappa shape index (κ2) is 10.2. The van der Waals surface area contributed by atoms with E-state index in [1.807, 2.05) is 0 Å². The van der Waals surface area contributed by atoms with E-state index in [-0.39, 0.29) is 6.42 Å². The molecule has 1 aromatic rings. The molecule has 1 aliphatic carbocycles. The maximum atomic E-state index is 13.5. The molecule has 158 valence electrons. The number of carbonyl (C=O) groups is 1. The lowest BCUT2D eigenvalue weighted by Gasteiger charge is -2.29. The Morgan fingerprint density at radius 3 is 2.50 bits per heavy atom. The number of carbonyl (C=O) groups excluding carboxylic acids is 1. The SMILES string of the molecule is CC(C)(C)OC(=O)N[C@@H](Cc1ccc(F)c(F)c1)[C@H](O)CNC1CCCCC1. The summed E-state index contributed by atoms with van der Waals surface area (Å²) in [6.07, 6.45) is 4.31. The van der Waals surface area contributed by atoms with E-state index in [2.05, 4.69) is 10.6 Å². The zero-order valence-corrected chi connectivity index (χ0v) is 16.9. The van der Waals surface area contributed by atoms with Gasteiger partial charge >= 0.3 is 6.09 Å². The number of nitrogens with one attached hydrogen (secondary N) is 2. The maximum absolute atomic E-state index is 13.5. The Morgan fingerprint density at radius 1 is 1.21 bits per heavy atom. The molecule has 2 atom stereocenters. The third kappa shape index (κ3) is 7.72. The van der Waals surface area contributed by atoms with Crippen molar-refractivity contribution in [2.45, 2.75) is 83.1 Å². The monoisotopic (exact) mass is 398 g/mol. The highest BCUT2D eigenvalue weighted by Crippen LogP contribution is 2.18. The zero-order chi connectivity index (χ0) is 20.7. The maximum Gasteiger partial charge on any atom is 0.407 e. The van der Waals surface area contributed by atoms with Gasteiger partial charge in [-0.3, -0.25) is 0 Å². The molecule has 1 aliphatic rings. The number of rotatable bonds is 7. The summed E-state index contributed by atoms with van der Waals surface area (Å²) in [7, 11) is 0. The molecular formula is C21H32F2N2O3. The summed E-state index contributed by atoms with van der Waals surface area (Å²) in [6.45, 7) is 5.54. The Bertz CT molecular complexity index is 643. The minimum Gasteiger partial charge on any atom is -0.444 e. The van der Waals surface area contributed by atoms with Gasteiger partial charge in [-0.1, -0.05) is 25.3 Å². The van der Waals surface area contributed by atoms with Gasteiger partial charge in [-0.15, -0.1) is 0 Å². The lowest BCUT2D eigenvalue weighted by Crippen LogP contribution is -2.51. The van der Waals surface area contributed by atoms with Crippen molar-refractivity contribution >= 4 is 6.09 Å². The molecule has 5 nitrogen and oxygen atoms in total. The second-order valence-electron chi connectivity index (χ2n) is 8.52. The van der Waals surface area contributed by atoms with E-state index in [9.17, 15) is 18.7 Å². The van der Waals surface area contributed by atoms with Crippen LogP contribution in [0.5, 0.6) is 0 Å². The van der Waals surface area contributed by atoms with Crippen LogP contribution in [-0.4, -0.2) is 41.5 Å². The van der Waals surface area contributed by atoms with Crippen LogP contribution < -0.4 is 10.6 Å². The van der Waals surface area contributed by atoms with Crippen molar-refractivity contribution in [2.75, 3.05) is 6.54 Å². The van der Waals surface area contributed by atoms with Crippen LogP contribution in [0.3, 0.4) is 0 Å². The molecule has 0 saturated heterocycles. The lowest BCUT2D eigenvalue weighted by molar-refractivity contribution is 0.0418. The van der Waals surface area contributed by atoms with Gasteiger partial charge in [0.1, 0.15) is 5.60 Å². The van der Waals surface area contributed by atoms with Gasteiger partial charge in [-0.25, -0.2) is 13.6 Å². The summed E-state index contributed by atoms with van der Waals surface area (Å²) >= 11 is 0. The van der Waals surface area contributed by atoms with Gasteiger partial charge in [-0.05, 0) is 57.7 Å². The Morgan fingerprint density at radius 2 is 1.89 bits per heavy atom. The fourth-order valence-corrected chi connectivity index (χ4v) is 3.40. The van der Waals surface area contributed by atoms with Crippen LogP contribution in [0.2, 0.25) is 0 Å². The van der Waals surface area contributed by atoms with Crippen LogP contribution in [0.25, 0.3) is 0 Å². The van der Waals surface area contributed by atoms with Gasteiger partial charge in [0.2, 0.25) is 0 Å². The van der Waals surface area contributed by atoms with Crippen LogP contribution in [0.1, 0.15) is 58.4 Å². The molecule has 1 amide bonds. The van der Waals surface area contributed by atoms with E-state index < -0.39 is 35.5 Å². The van der Waals surface area contributed by atoms with E-state index in [0.717, 1.165) is 25.0 Å². The number of hydrogen-bond donors (Lipinski definition) is 3. The van der Waals surface area contributed by atoms with Crippen molar-refractivity contribution in [3.8, 4) is 0 Å². The number of hydrogen-bond acceptors (Lipinski definition) is 4. The van der Waals surface area contributed by atoms with Crippen LogP contribution in [0.15, 0.2) is 18.2 Å². The molecule has 0 spiro atoms. The minimum atomic E-state index is -0.955. The summed E-state index contributed by atoms with van der Waals surface area (Å²) in [5.41, 5.74) is -0.196. The minimum absolute atomic E-state index is 0.157. The number of alkyl carbamates (subject to hydrolysis) is 1. The average molecular weight is 398 g/mol. The van der Waals surface area contributed by atoms with E-state index in [1.165, 1.54) is 25.3 Å². The highest BCUT2D eigenvalue weighted by molar-refractivity contribution is 5.68. The first-order chi connectivity index (χ1) is 13.1. The molecular weight excluding hydrogens is 366 g/mol. The van der Waals surface area contributed by atoms with Crippen molar-refractivity contribution in [1.29, 1.82) is 0 Å². The van der Waals surface area contributed by atoms with Crippen molar-refractivity contribution in [3.05, 3.63) is 35.4 Å². The topological polar surface area (TPSA) is 70.6 Å². The van der Waals surface area contributed by atoms with E-state index >= 15 is 0 Å². The molecule has 7 heteroatoms. The number of aliphatic hydroxyl groups excluding tert-OH is 1. The predicted molar refractivity (Wildman–Crippen MR) is 104 cm³/mol. The number of halogens is 2. The highest BCUT2D eigenvalue weighted by Gasteiger charge is 2.26. The Labute approximate surface area is 165 Å². The first kappa shape index (κ1) is 22.6. The van der Waals surface area contributed by atoms with Crippen LogP contribution in [-0.2, 0) is 11.2 Å². The molecule has 28 heavy (non-hydrogen) atoms. The predicted octanol–water partition coefficient (Wildman–Crippen LogP) is 3.68. The number of amides is 1. The fourth-order valence-electron chi connectivity index (χ4n) is 3.40. The number of ether oxygens (including phenoxy) is 1. The normalized spacial score (nSPS) is 17.8. The van der Waals surface area contributed by atoms with Gasteiger partial charge in [0.15, 0.2) is 11.6 Å². The Kier molecular flexibility index (Phi) is 8.19. The number of aliphatic hydroxyl groups is 1. The van der Waals surface area contributed by atoms with E-state index in [1.54, 1.807) is 20.8 Å². The van der Waals surface area contributed by atoms with Crippen LogP contribution in [0, 0.1) is 11.6 Å². The lowest BCUT2D eigenvalue weighted by atomic mass is 9.95. The highest BCUT2D eigenvalue weighted by atomic mass is 19.2. The first-order valence-electron chi connectivity index (χ1n) is 9.99. The fraction of sp³-hybridized carbons (Fsp3) is 0.667. The Balaban J connectivity index is 2.02. The first-order valence-corrected chi connectivity index (χ1v) is 9.99. The van der Waals surface area contributed by atoms with Gasteiger partial charge in [0, 0.05) is 12.6 Å². The molecule has 0 unspecified atom stereocenters. The molecule has 1 saturated carbocycles. The van der Waals surface area contributed by atoms with Crippen molar-refractivity contribution in [2.24, 2.45) is 0 Å². The molecule has 1 fully saturated rings. The van der Waals surface area contributed by atoms with Gasteiger partial charge < -0.3 is 20.5 Å². The van der Waals surface area contributed by atoms with Crippen molar-refractivity contribution in [1.82, 2.24) is 10.6 Å². The molecule has 0 aliphatic heterocycles. The van der Waals surface area contributed by atoms with Crippen LogP contribution in [0.4, 0.5) is 13.6 Å². The third-order valence-corrected chi connectivity index (χ3v) is 4.83. The summed E-state index contributed by atoms with van der Waals surface area (Å²) in [5.74, 6) is -1.89. The molecule has 3 N–H and O–H groups in total. The molecule has 0 aromatic heterocycles. The summed E-state index contributed by atoms with van der Waals surface area (Å²) < 4.78 is 32.0. The van der Waals surface area contributed by atoms with Gasteiger partial charge in [0.05, 0.1) is 12.1 Å². The van der Waals surface area contributed by atoms with Crippen molar-refractivity contribution < 1.29 is 23.4 Å². The zero-order valence-electron chi connectivity index (χ0n) is 16.9. The quantitative estimate of drug-likeness (QED) is 0.655. The van der Waals surface area contributed by atoms with Gasteiger partial charge in [0.25, 0.3) is 0 Å². The van der Waals surface area contributed by atoms with Crippen molar-refractivity contribution in [3.63, 3.8) is 0 Å². The average Bonchev–Trinajstić information content (AvgIpc) is 2.61. The molecule has 0 bridgehead atoms. The summed E-state index contributed by atoms with van der Waals surface area (Å²) in [5, 5.41) is 16.7. The van der Waals surface area contributed by atoms with Crippen LogP contribution >= 0.6 is 0 Å². The number of benzene rings is 1. The standard InChI is InChI=1S/C21H32F2N2O3/c1-21(2,3)28-20(27)25-18(12-14-9-10-16(22)17(23)11-14)19(26)13-24-15-7-5-4-6-8-15/h9-11,15,18-19,24,26H,4-8,12-13H2,1-3H3,(H,25,27)/t18-,19+/m0/s1. The molecule has 0 radical (unpaired) electrons. The summed E-state index contributed by atoms with van der Waals surface area (Å²) in [6, 6.07) is 3.23. The molecule has 1 aromatic carbocycles. The van der Waals surface area contributed by atoms with Gasteiger partial charge in [-0.2, -0.15) is 0 Å². The van der Waals surface area contributed by atoms with E-state index in [0.29, 0.717) is 18.2 Å². The third-order valence-electron chi connectivity index (χ3n) is 4.83. The van der Waals surface area contributed by atoms with E-state index in [4.69, 9.17) is 4.74 Å². The second-order valence-corrected chi connectivity index (χ2v) is 8.52. The summed E-state index contributed by atoms with van der Waals surface area (Å²) in [4.78, 5) is 12.2. The largest absolute Gasteiger partial charge is 0.444 e. The smallest absolute Gasteiger partial charge is 0.407 e. The molecule has 2 rings (SSSR count). The Hall–Kier alpha value is -1.73. The molecule has 0 heterocycles.